The average Bonchev–Trinajstić information content (AvgIpc) is 2.46. The number of hydrogen-bond donors (Lipinski definition) is 1. The number of rotatable bonds is 2. The molecular formula is C16H24N2O. The Kier molecular flexibility index (Phi) is 3.74. The number of pyridine rings is 1. The lowest BCUT2D eigenvalue weighted by atomic mass is 9.75. The van der Waals surface area contributed by atoms with Crippen LogP contribution >= 0.6 is 0 Å². The van der Waals surface area contributed by atoms with Gasteiger partial charge < -0.3 is 10.0 Å². The molecule has 2 unspecified atom stereocenters. The molecule has 1 aliphatic carbocycles. The van der Waals surface area contributed by atoms with E-state index in [1.54, 1.807) is 0 Å². The molecule has 2 atom stereocenters. The minimum atomic E-state index is 0.0871. The average molecular weight is 260 g/mol. The molecule has 3 rings (SSSR count). The van der Waals surface area contributed by atoms with Gasteiger partial charge in [-0.3, -0.25) is 0 Å². The van der Waals surface area contributed by atoms with Gasteiger partial charge in [0.1, 0.15) is 5.82 Å². The number of hydrogen-bond acceptors (Lipinski definition) is 3. The van der Waals surface area contributed by atoms with Crippen LogP contribution in [0.4, 0.5) is 5.82 Å². The Morgan fingerprint density at radius 1 is 1.21 bits per heavy atom. The summed E-state index contributed by atoms with van der Waals surface area (Å²) in [5, 5.41) is 9.22. The van der Waals surface area contributed by atoms with Crippen LogP contribution in [0.15, 0.2) is 12.1 Å². The van der Waals surface area contributed by atoms with Crippen LogP contribution in [0.3, 0.4) is 0 Å². The predicted octanol–water partition coefficient (Wildman–Crippen LogP) is 2.90. The molecule has 3 heteroatoms. The van der Waals surface area contributed by atoms with Gasteiger partial charge in [-0.1, -0.05) is 25.3 Å². The Morgan fingerprint density at radius 2 is 2.00 bits per heavy atom. The van der Waals surface area contributed by atoms with E-state index in [4.69, 9.17) is 0 Å². The van der Waals surface area contributed by atoms with Crippen LogP contribution in [0.5, 0.6) is 0 Å². The summed E-state index contributed by atoms with van der Waals surface area (Å²) < 4.78 is 0. The van der Waals surface area contributed by atoms with Gasteiger partial charge in [-0.2, -0.15) is 0 Å². The summed E-state index contributed by atoms with van der Waals surface area (Å²) in [6, 6.07) is 4.09. The second-order valence-electron chi connectivity index (χ2n) is 6.11. The summed E-state index contributed by atoms with van der Waals surface area (Å²) in [7, 11) is 0. The second-order valence-corrected chi connectivity index (χ2v) is 6.11. The Hall–Kier alpha value is -1.09. The first-order valence-electron chi connectivity index (χ1n) is 7.60. The summed E-state index contributed by atoms with van der Waals surface area (Å²) in [5.41, 5.74) is 1.90. The van der Waals surface area contributed by atoms with E-state index >= 15 is 0 Å². The van der Waals surface area contributed by atoms with Crippen LogP contribution in [-0.2, 0) is 6.61 Å². The molecule has 0 amide bonds. The fraction of sp³-hybridized carbons (Fsp3) is 0.688. The zero-order valence-corrected chi connectivity index (χ0v) is 11.8. The van der Waals surface area contributed by atoms with E-state index in [0.717, 1.165) is 35.5 Å². The number of piperidine rings is 1. The van der Waals surface area contributed by atoms with E-state index in [1.807, 2.05) is 13.0 Å². The van der Waals surface area contributed by atoms with Crippen LogP contribution in [0.2, 0.25) is 0 Å². The Labute approximate surface area is 115 Å². The van der Waals surface area contributed by atoms with E-state index in [1.165, 1.54) is 38.6 Å². The molecular weight excluding hydrogens is 236 g/mol. The molecule has 1 aromatic rings. The number of anilines is 1. The highest BCUT2D eigenvalue weighted by atomic mass is 16.3. The molecule has 0 radical (unpaired) electrons. The summed E-state index contributed by atoms with van der Waals surface area (Å²) >= 11 is 0. The van der Waals surface area contributed by atoms with Crippen LogP contribution in [0.1, 0.15) is 43.4 Å². The van der Waals surface area contributed by atoms with Crippen molar-refractivity contribution in [2.75, 3.05) is 18.0 Å². The lowest BCUT2D eigenvalue weighted by Crippen LogP contribution is -2.42. The van der Waals surface area contributed by atoms with Crippen LogP contribution < -0.4 is 4.90 Å². The zero-order chi connectivity index (χ0) is 13.2. The first-order valence-corrected chi connectivity index (χ1v) is 7.60. The van der Waals surface area contributed by atoms with Gasteiger partial charge in [0.05, 0.1) is 6.61 Å². The van der Waals surface area contributed by atoms with Crippen molar-refractivity contribution < 1.29 is 5.11 Å². The number of nitrogens with zero attached hydrogens (tertiary/aromatic N) is 2. The maximum Gasteiger partial charge on any atom is 0.128 e. The molecule has 2 aliphatic rings. The monoisotopic (exact) mass is 260 g/mol. The standard InChI is InChI=1S/C16H24N2O/c1-12-15(11-19)6-7-16(17-12)18-9-8-13-4-2-3-5-14(13)10-18/h6-7,13-14,19H,2-5,8-11H2,1H3. The van der Waals surface area contributed by atoms with Gasteiger partial charge >= 0.3 is 0 Å². The zero-order valence-electron chi connectivity index (χ0n) is 11.8. The normalized spacial score (nSPS) is 27.2. The van der Waals surface area contributed by atoms with Crippen molar-refractivity contribution in [2.45, 2.75) is 45.6 Å². The van der Waals surface area contributed by atoms with Crippen molar-refractivity contribution in [3.05, 3.63) is 23.4 Å². The molecule has 1 aromatic heterocycles. The molecule has 104 valence electrons. The Balaban J connectivity index is 1.74. The van der Waals surface area contributed by atoms with Crippen molar-refractivity contribution in [2.24, 2.45) is 11.8 Å². The highest BCUT2D eigenvalue weighted by molar-refractivity contribution is 5.42. The Morgan fingerprint density at radius 3 is 2.74 bits per heavy atom. The van der Waals surface area contributed by atoms with E-state index in [9.17, 15) is 5.11 Å². The van der Waals surface area contributed by atoms with E-state index in [2.05, 4.69) is 16.0 Å². The fourth-order valence-corrected chi connectivity index (χ4v) is 3.73. The molecule has 1 N–H and O–H groups in total. The quantitative estimate of drug-likeness (QED) is 0.888. The number of aryl methyl sites for hydroxylation is 1. The van der Waals surface area contributed by atoms with Crippen LogP contribution in [-0.4, -0.2) is 23.2 Å². The topological polar surface area (TPSA) is 36.4 Å². The SMILES string of the molecule is Cc1nc(N2CCC3CCCCC3C2)ccc1CO. The third-order valence-corrected chi connectivity index (χ3v) is 4.97. The van der Waals surface area contributed by atoms with Gasteiger partial charge in [0.25, 0.3) is 0 Å². The number of aliphatic hydroxyl groups excluding tert-OH is 1. The van der Waals surface area contributed by atoms with Crippen LogP contribution in [0.25, 0.3) is 0 Å². The van der Waals surface area contributed by atoms with E-state index < -0.39 is 0 Å². The Bertz CT molecular complexity index is 446. The number of aromatic nitrogens is 1. The lowest BCUT2D eigenvalue weighted by Gasteiger charge is -2.41. The fourth-order valence-electron chi connectivity index (χ4n) is 3.73. The van der Waals surface area contributed by atoms with Gasteiger partial charge in [0.2, 0.25) is 0 Å². The highest BCUT2D eigenvalue weighted by Gasteiger charge is 2.31. The van der Waals surface area contributed by atoms with Gasteiger partial charge in [-0.05, 0) is 43.2 Å². The van der Waals surface area contributed by atoms with Crippen LogP contribution in [0, 0.1) is 18.8 Å². The van der Waals surface area contributed by atoms with Gasteiger partial charge in [-0.15, -0.1) is 0 Å². The van der Waals surface area contributed by atoms with Crippen molar-refractivity contribution in [1.82, 2.24) is 4.98 Å². The third-order valence-electron chi connectivity index (χ3n) is 4.97. The number of aliphatic hydroxyl groups is 1. The summed E-state index contributed by atoms with van der Waals surface area (Å²) in [6.45, 7) is 4.40. The van der Waals surface area contributed by atoms with Crippen molar-refractivity contribution in [1.29, 1.82) is 0 Å². The van der Waals surface area contributed by atoms with Gasteiger partial charge in [0, 0.05) is 18.8 Å². The molecule has 0 aromatic carbocycles. The molecule has 19 heavy (non-hydrogen) atoms. The summed E-state index contributed by atoms with van der Waals surface area (Å²) in [6.07, 6.45) is 7.01. The van der Waals surface area contributed by atoms with Crippen molar-refractivity contribution >= 4 is 5.82 Å². The van der Waals surface area contributed by atoms with E-state index in [0.29, 0.717) is 0 Å². The lowest BCUT2D eigenvalue weighted by molar-refractivity contribution is 0.202. The van der Waals surface area contributed by atoms with Crippen molar-refractivity contribution in [3.63, 3.8) is 0 Å². The van der Waals surface area contributed by atoms with Gasteiger partial charge in [0.15, 0.2) is 0 Å². The predicted molar refractivity (Wildman–Crippen MR) is 77.2 cm³/mol. The molecule has 1 aliphatic heterocycles. The molecule has 3 nitrogen and oxygen atoms in total. The minimum absolute atomic E-state index is 0.0871. The third kappa shape index (κ3) is 2.62. The van der Waals surface area contributed by atoms with Crippen molar-refractivity contribution in [3.8, 4) is 0 Å². The maximum atomic E-state index is 9.22. The maximum absolute atomic E-state index is 9.22. The minimum Gasteiger partial charge on any atom is -0.392 e. The molecule has 0 bridgehead atoms. The first-order chi connectivity index (χ1) is 9.28. The molecule has 2 heterocycles. The van der Waals surface area contributed by atoms with E-state index in [-0.39, 0.29) is 6.61 Å². The van der Waals surface area contributed by atoms with Gasteiger partial charge in [-0.25, -0.2) is 4.98 Å². The second kappa shape index (κ2) is 5.49. The number of fused-ring (bicyclic) bond motifs is 1. The molecule has 1 saturated carbocycles. The highest BCUT2D eigenvalue weighted by Crippen LogP contribution is 2.37. The summed E-state index contributed by atoms with van der Waals surface area (Å²) in [5.74, 6) is 2.93. The molecule has 0 spiro atoms. The molecule has 1 saturated heterocycles. The first kappa shape index (κ1) is 12.9. The molecule has 2 fully saturated rings. The largest absolute Gasteiger partial charge is 0.392 e. The smallest absolute Gasteiger partial charge is 0.128 e. The summed E-state index contributed by atoms with van der Waals surface area (Å²) in [4.78, 5) is 7.12.